The Hall–Kier alpha value is -2.74. The van der Waals surface area contributed by atoms with Crippen LogP contribution in [0.5, 0.6) is 11.5 Å². The van der Waals surface area contributed by atoms with Gasteiger partial charge in [0, 0.05) is 0 Å². The van der Waals surface area contributed by atoms with Gasteiger partial charge >= 0.3 is 5.69 Å². The van der Waals surface area contributed by atoms with Crippen LogP contribution in [0, 0.1) is 21.7 Å². The van der Waals surface area contributed by atoms with Gasteiger partial charge in [-0.3, -0.25) is 10.1 Å². The quantitative estimate of drug-likeness (QED) is 0.625. The van der Waals surface area contributed by atoms with Gasteiger partial charge in [-0.1, -0.05) is 0 Å². The number of hydrogen-bond donors (Lipinski definition) is 1. The summed E-state index contributed by atoms with van der Waals surface area (Å²) in [4.78, 5) is 10.0. The van der Waals surface area contributed by atoms with Crippen LogP contribution >= 0.6 is 0 Å². The molecule has 0 amide bonds. The highest BCUT2D eigenvalue weighted by Crippen LogP contribution is 2.27. The molecule has 2 aromatic rings. The lowest BCUT2D eigenvalue weighted by Crippen LogP contribution is -2.25. The zero-order valence-corrected chi connectivity index (χ0v) is 11.8. The van der Waals surface area contributed by atoms with Crippen molar-refractivity contribution < 1.29 is 28.3 Å². The Balaban J connectivity index is 1.88. The van der Waals surface area contributed by atoms with Crippen LogP contribution in [0.1, 0.15) is 0 Å². The largest absolute Gasteiger partial charge is 0.491 e. The van der Waals surface area contributed by atoms with Crippen LogP contribution in [-0.2, 0) is 0 Å². The van der Waals surface area contributed by atoms with E-state index in [0.717, 1.165) is 18.2 Å². The maximum atomic E-state index is 13.0. The Morgan fingerprint density at radius 3 is 2.30 bits per heavy atom. The molecule has 0 aliphatic rings. The van der Waals surface area contributed by atoms with E-state index in [9.17, 15) is 24.0 Å². The number of aliphatic hydroxyl groups is 1. The zero-order chi connectivity index (χ0) is 16.8. The number of benzene rings is 2. The van der Waals surface area contributed by atoms with Crippen molar-refractivity contribution in [3.8, 4) is 11.5 Å². The molecule has 0 saturated heterocycles. The molecule has 2 rings (SSSR count). The van der Waals surface area contributed by atoms with Crippen LogP contribution in [0.3, 0.4) is 0 Å². The van der Waals surface area contributed by atoms with E-state index in [1.54, 1.807) is 0 Å². The fraction of sp³-hybridized carbons (Fsp3) is 0.200. The SMILES string of the molecule is O=[N+]([O-])c1cc(F)ccc1OCC(O)COc1ccc(F)cc1. The van der Waals surface area contributed by atoms with Gasteiger partial charge < -0.3 is 14.6 Å². The Morgan fingerprint density at radius 2 is 1.65 bits per heavy atom. The third-order valence-corrected chi connectivity index (χ3v) is 2.80. The third-order valence-electron chi connectivity index (χ3n) is 2.80. The van der Waals surface area contributed by atoms with Crippen molar-refractivity contribution in [2.45, 2.75) is 6.10 Å². The molecule has 1 unspecified atom stereocenters. The van der Waals surface area contributed by atoms with Crippen LogP contribution in [0.2, 0.25) is 0 Å². The molecule has 0 saturated carbocycles. The number of hydrogen-bond acceptors (Lipinski definition) is 5. The highest BCUT2D eigenvalue weighted by Gasteiger charge is 2.17. The molecule has 0 heterocycles. The summed E-state index contributed by atoms with van der Waals surface area (Å²) in [5.41, 5.74) is -0.531. The number of aliphatic hydroxyl groups excluding tert-OH is 1. The number of nitro groups is 1. The molecule has 0 aliphatic heterocycles. The van der Waals surface area contributed by atoms with Crippen molar-refractivity contribution >= 4 is 5.69 Å². The van der Waals surface area contributed by atoms with E-state index in [4.69, 9.17) is 9.47 Å². The Kier molecular flexibility index (Phi) is 5.42. The van der Waals surface area contributed by atoms with Crippen LogP contribution in [0.25, 0.3) is 0 Å². The summed E-state index contributed by atoms with van der Waals surface area (Å²) in [6, 6.07) is 8.07. The smallest absolute Gasteiger partial charge is 0.313 e. The summed E-state index contributed by atoms with van der Waals surface area (Å²) < 4.78 is 36.0. The first-order valence-corrected chi connectivity index (χ1v) is 6.59. The van der Waals surface area contributed by atoms with E-state index < -0.39 is 28.3 Å². The van der Waals surface area contributed by atoms with Gasteiger partial charge in [-0.15, -0.1) is 0 Å². The molecule has 0 spiro atoms. The summed E-state index contributed by atoms with van der Waals surface area (Å²) in [6.45, 7) is -0.436. The van der Waals surface area contributed by atoms with Gasteiger partial charge in [0.2, 0.25) is 0 Å². The highest BCUT2D eigenvalue weighted by molar-refractivity contribution is 5.46. The van der Waals surface area contributed by atoms with Crippen LogP contribution in [-0.4, -0.2) is 29.3 Å². The zero-order valence-electron chi connectivity index (χ0n) is 11.8. The molecular weight excluding hydrogens is 312 g/mol. The standard InChI is InChI=1S/C15H13F2NO5/c16-10-1-4-13(5-2-10)22-8-12(19)9-23-15-6-3-11(17)7-14(15)18(20)21/h1-7,12,19H,8-9H2. The summed E-state index contributed by atoms with van der Waals surface area (Å²) in [7, 11) is 0. The molecular formula is C15H13F2NO5. The van der Waals surface area contributed by atoms with Crippen LogP contribution in [0.15, 0.2) is 42.5 Å². The van der Waals surface area contributed by atoms with Gasteiger partial charge in [0.1, 0.15) is 36.7 Å². The number of halogens is 2. The topological polar surface area (TPSA) is 81.8 Å². The second-order valence-electron chi connectivity index (χ2n) is 4.60. The lowest BCUT2D eigenvalue weighted by molar-refractivity contribution is -0.386. The molecule has 8 heteroatoms. The van der Waals surface area contributed by atoms with Crippen molar-refractivity contribution in [3.05, 3.63) is 64.2 Å². The molecule has 0 aromatic heterocycles. The fourth-order valence-electron chi connectivity index (χ4n) is 1.71. The lowest BCUT2D eigenvalue weighted by atomic mass is 10.3. The van der Waals surface area contributed by atoms with E-state index in [2.05, 4.69) is 0 Å². The van der Waals surface area contributed by atoms with E-state index in [-0.39, 0.29) is 19.0 Å². The number of rotatable bonds is 7. The third kappa shape index (κ3) is 4.89. The summed E-state index contributed by atoms with van der Waals surface area (Å²) in [6.07, 6.45) is -1.08. The molecule has 0 fully saturated rings. The number of ether oxygens (including phenoxy) is 2. The average molecular weight is 325 g/mol. The number of nitro benzene ring substituents is 1. The van der Waals surface area contributed by atoms with Crippen molar-refractivity contribution in [3.63, 3.8) is 0 Å². The monoisotopic (exact) mass is 325 g/mol. The van der Waals surface area contributed by atoms with Crippen molar-refractivity contribution in [2.24, 2.45) is 0 Å². The molecule has 2 aromatic carbocycles. The molecule has 1 N–H and O–H groups in total. The molecule has 0 bridgehead atoms. The second-order valence-corrected chi connectivity index (χ2v) is 4.60. The first-order valence-electron chi connectivity index (χ1n) is 6.59. The Labute approximate surface area is 130 Å². The van der Waals surface area contributed by atoms with Gasteiger partial charge in [-0.25, -0.2) is 8.78 Å². The minimum Gasteiger partial charge on any atom is -0.491 e. The minimum atomic E-state index is -1.08. The number of nitrogens with zero attached hydrogens (tertiary/aromatic N) is 1. The Bertz CT molecular complexity index is 678. The summed E-state index contributed by atoms with van der Waals surface area (Å²) in [5, 5.41) is 20.5. The van der Waals surface area contributed by atoms with E-state index in [1.807, 2.05) is 0 Å². The summed E-state index contributed by atoms with van der Waals surface area (Å²) >= 11 is 0. The van der Waals surface area contributed by atoms with Crippen molar-refractivity contribution in [1.29, 1.82) is 0 Å². The molecule has 0 aliphatic carbocycles. The Morgan fingerprint density at radius 1 is 1.04 bits per heavy atom. The first-order chi connectivity index (χ1) is 11.0. The second kappa shape index (κ2) is 7.50. The molecule has 122 valence electrons. The maximum Gasteiger partial charge on any atom is 0.313 e. The highest BCUT2D eigenvalue weighted by atomic mass is 19.1. The van der Waals surface area contributed by atoms with Gasteiger partial charge in [-0.05, 0) is 36.4 Å². The van der Waals surface area contributed by atoms with Crippen molar-refractivity contribution in [1.82, 2.24) is 0 Å². The molecule has 23 heavy (non-hydrogen) atoms. The van der Waals surface area contributed by atoms with Gasteiger partial charge in [0.25, 0.3) is 0 Å². The predicted molar refractivity (Wildman–Crippen MR) is 76.5 cm³/mol. The maximum absolute atomic E-state index is 13.0. The molecule has 0 radical (unpaired) electrons. The van der Waals surface area contributed by atoms with Crippen molar-refractivity contribution in [2.75, 3.05) is 13.2 Å². The van der Waals surface area contributed by atoms with E-state index in [0.29, 0.717) is 5.75 Å². The van der Waals surface area contributed by atoms with E-state index in [1.165, 1.54) is 24.3 Å². The first kappa shape index (κ1) is 16.6. The fourth-order valence-corrected chi connectivity index (χ4v) is 1.71. The molecule has 1 atom stereocenters. The van der Waals surface area contributed by atoms with Gasteiger partial charge in [-0.2, -0.15) is 0 Å². The minimum absolute atomic E-state index is 0.152. The average Bonchev–Trinajstić information content (AvgIpc) is 2.53. The van der Waals surface area contributed by atoms with Gasteiger partial charge in [0.15, 0.2) is 5.75 Å². The van der Waals surface area contributed by atoms with Crippen LogP contribution < -0.4 is 9.47 Å². The van der Waals surface area contributed by atoms with Crippen LogP contribution in [0.4, 0.5) is 14.5 Å². The summed E-state index contributed by atoms with van der Waals surface area (Å²) in [5.74, 6) is -0.968. The molecule has 6 nitrogen and oxygen atoms in total. The predicted octanol–water partition coefficient (Wildman–Crippen LogP) is 2.69. The normalized spacial score (nSPS) is 11.8. The van der Waals surface area contributed by atoms with E-state index >= 15 is 0 Å². The van der Waals surface area contributed by atoms with Gasteiger partial charge in [0.05, 0.1) is 11.0 Å². The lowest BCUT2D eigenvalue weighted by Gasteiger charge is -2.13.